The molecule has 0 radical (unpaired) electrons. The molecule has 4 nitrogen and oxygen atoms in total. The second-order valence-electron chi connectivity index (χ2n) is 4.26. The molecule has 0 fully saturated rings. The van der Waals surface area contributed by atoms with Crippen LogP contribution in [0.4, 0.5) is 0 Å². The van der Waals surface area contributed by atoms with E-state index in [2.05, 4.69) is 21.1 Å². The largest absolute Gasteiger partial charge is 0.361 e. The van der Waals surface area contributed by atoms with Crippen LogP contribution in [0.1, 0.15) is 21.7 Å². The molecule has 0 bridgehead atoms. The fourth-order valence-electron chi connectivity index (χ4n) is 2.12. The third-order valence-corrected chi connectivity index (χ3v) is 3.55. The van der Waals surface area contributed by atoms with Crippen LogP contribution in [0.2, 0.25) is 0 Å². The van der Waals surface area contributed by atoms with E-state index in [0.29, 0.717) is 18.7 Å². The lowest BCUT2D eigenvalue weighted by molar-refractivity contribution is 0.0729. The molecular weight excluding hydrogens is 296 g/mol. The van der Waals surface area contributed by atoms with Crippen molar-refractivity contribution in [2.45, 2.75) is 13.0 Å². The Labute approximate surface area is 113 Å². The molecule has 2 aromatic rings. The predicted octanol–water partition coefficient (Wildman–Crippen LogP) is 2.64. The Bertz CT molecular complexity index is 594. The first-order valence-electron chi connectivity index (χ1n) is 5.71. The van der Waals surface area contributed by atoms with Gasteiger partial charge in [-0.1, -0.05) is 27.2 Å². The number of carbonyl (C=O) groups is 1. The molecule has 18 heavy (non-hydrogen) atoms. The minimum Gasteiger partial charge on any atom is -0.361 e. The molecule has 3 rings (SSSR count). The van der Waals surface area contributed by atoms with Crippen molar-refractivity contribution in [3.63, 3.8) is 0 Å². The highest BCUT2D eigenvalue weighted by molar-refractivity contribution is 9.10. The van der Waals surface area contributed by atoms with E-state index in [1.54, 1.807) is 6.20 Å². The zero-order chi connectivity index (χ0) is 12.5. The van der Waals surface area contributed by atoms with Crippen molar-refractivity contribution < 1.29 is 9.32 Å². The average Bonchev–Trinajstić information content (AvgIpc) is 2.85. The highest BCUT2D eigenvalue weighted by Gasteiger charge is 2.24. The standard InChI is InChI=1S/C13H11BrN2O2/c14-11-3-1-2-9(6-11)13(17)16-5-4-12-10(8-16)7-15-18-12/h1-3,6-7H,4-5,8H2. The second kappa shape index (κ2) is 4.57. The van der Waals surface area contributed by atoms with E-state index in [9.17, 15) is 4.79 Å². The lowest BCUT2D eigenvalue weighted by Crippen LogP contribution is -2.35. The Kier molecular flexibility index (Phi) is 2.91. The van der Waals surface area contributed by atoms with E-state index in [1.165, 1.54) is 0 Å². The Morgan fingerprint density at radius 2 is 2.33 bits per heavy atom. The molecule has 1 aliphatic heterocycles. The molecule has 92 valence electrons. The van der Waals surface area contributed by atoms with Crippen LogP contribution in [0.15, 0.2) is 39.5 Å². The van der Waals surface area contributed by atoms with Gasteiger partial charge in [-0.3, -0.25) is 4.79 Å². The van der Waals surface area contributed by atoms with Crippen LogP contribution >= 0.6 is 15.9 Å². The number of halogens is 1. The van der Waals surface area contributed by atoms with E-state index in [0.717, 1.165) is 22.2 Å². The van der Waals surface area contributed by atoms with E-state index < -0.39 is 0 Å². The van der Waals surface area contributed by atoms with Gasteiger partial charge < -0.3 is 9.42 Å². The SMILES string of the molecule is O=C(c1cccc(Br)c1)N1CCc2oncc2C1. The topological polar surface area (TPSA) is 46.3 Å². The van der Waals surface area contributed by atoms with Gasteiger partial charge in [0.2, 0.25) is 0 Å². The summed E-state index contributed by atoms with van der Waals surface area (Å²) in [7, 11) is 0. The maximum absolute atomic E-state index is 12.3. The van der Waals surface area contributed by atoms with Gasteiger partial charge in [0.1, 0.15) is 5.76 Å². The van der Waals surface area contributed by atoms with Gasteiger partial charge in [-0.05, 0) is 18.2 Å². The number of amides is 1. The normalized spacial score (nSPS) is 14.4. The summed E-state index contributed by atoms with van der Waals surface area (Å²) in [6, 6.07) is 7.44. The van der Waals surface area contributed by atoms with Gasteiger partial charge >= 0.3 is 0 Å². The summed E-state index contributed by atoms with van der Waals surface area (Å²) < 4.78 is 6.03. The van der Waals surface area contributed by atoms with Crippen LogP contribution < -0.4 is 0 Å². The molecule has 1 aromatic carbocycles. The van der Waals surface area contributed by atoms with Crippen LogP contribution in [-0.2, 0) is 13.0 Å². The summed E-state index contributed by atoms with van der Waals surface area (Å²) in [5.41, 5.74) is 1.70. The predicted molar refractivity (Wildman–Crippen MR) is 69.1 cm³/mol. The van der Waals surface area contributed by atoms with Crippen molar-refractivity contribution in [1.82, 2.24) is 10.1 Å². The summed E-state index contributed by atoms with van der Waals surface area (Å²) in [6.45, 7) is 1.25. The summed E-state index contributed by atoms with van der Waals surface area (Å²) in [5, 5.41) is 3.76. The first kappa shape index (κ1) is 11.5. The highest BCUT2D eigenvalue weighted by Crippen LogP contribution is 2.21. The maximum atomic E-state index is 12.3. The number of nitrogens with zero attached hydrogens (tertiary/aromatic N) is 2. The van der Waals surface area contributed by atoms with Gasteiger partial charge in [-0.25, -0.2) is 0 Å². The molecular formula is C13H11BrN2O2. The minimum absolute atomic E-state index is 0.0446. The summed E-state index contributed by atoms with van der Waals surface area (Å²) in [4.78, 5) is 14.2. The Balaban J connectivity index is 1.83. The summed E-state index contributed by atoms with van der Waals surface area (Å²) >= 11 is 3.38. The molecule has 0 unspecified atom stereocenters. The molecule has 2 heterocycles. The van der Waals surface area contributed by atoms with Gasteiger partial charge in [0.05, 0.1) is 12.7 Å². The molecule has 0 N–H and O–H groups in total. The number of hydrogen-bond acceptors (Lipinski definition) is 3. The quantitative estimate of drug-likeness (QED) is 0.813. The van der Waals surface area contributed by atoms with E-state index >= 15 is 0 Å². The Morgan fingerprint density at radius 1 is 1.44 bits per heavy atom. The third-order valence-electron chi connectivity index (χ3n) is 3.06. The number of hydrogen-bond donors (Lipinski definition) is 0. The smallest absolute Gasteiger partial charge is 0.254 e. The number of carbonyl (C=O) groups excluding carboxylic acids is 1. The molecule has 0 atom stereocenters. The lowest BCUT2D eigenvalue weighted by Gasteiger charge is -2.25. The number of fused-ring (bicyclic) bond motifs is 1. The van der Waals surface area contributed by atoms with Gasteiger partial charge in [-0.2, -0.15) is 0 Å². The number of rotatable bonds is 1. The first-order chi connectivity index (χ1) is 8.74. The summed E-state index contributed by atoms with van der Waals surface area (Å²) in [5.74, 6) is 0.941. The first-order valence-corrected chi connectivity index (χ1v) is 6.50. The van der Waals surface area contributed by atoms with Crippen molar-refractivity contribution in [3.8, 4) is 0 Å². The van der Waals surface area contributed by atoms with Crippen molar-refractivity contribution in [3.05, 3.63) is 51.8 Å². The molecule has 1 aliphatic rings. The van der Waals surface area contributed by atoms with Crippen molar-refractivity contribution in [1.29, 1.82) is 0 Å². The molecule has 0 aliphatic carbocycles. The van der Waals surface area contributed by atoms with Crippen molar-refractivity contribution in [2.24, 2.45) is 0 Å². The third kappa shape index (κ3) is 2.06. The van der Waals surface area contributed by atoms with Crippen molar-refractivity contribution >= 4 is 21.8 Å². The van der Waals surface area contributed by atoms with E-state index in [1.807, 2.05) is 29.2 Å². The van der Waals surface area contributed by atoms with Crippen LogP contribution in [0.25, 0.3) is 0 Å². The van der Waals surface area contributed by atoms with Crippen LogP contribution in [0.3, 0.4) is 0 Å². The Hall–Kier alpha value is -1.62. The Morgan fingerprint density at radius 3 is 3.17 bits per heavy atom. The molecule has 1 aromatic heterocycles. The fraction of sp³-hybridized carbons (Fsp3) is 0.231. The number of benzene rings is 1. The molecule has 0 saturated heterocycles. The number of aromatic nitrogens is 1. The minimum atomic E-state index is 0.0446. The molecule has 5 heteroatoms. The average molecular weight is 307 g/mol. The highest BCUT2D eigenvalue weighted by atomic mass is 79.9. The van der Waals surface area contributed by atoms with Crippen molar-refractivity contribution in [2.75, 3.05) is 6.54 Å². The lowest BCUT2D eigenvalue weighted by atomic mass is 10.1. The van der Waals surface area contributed by atoms with Gasteiger partial charge in [0.15, 0.2) is 0 Å². The van der Waals surface area contributed by atoms with E-state index in [4.69, 9.17) is 4.52 Å². The van der Waals surface area contributed by atoms with Gasteiger partial charge in [0, 0.05) is 28.6 Å². The second-order valence-corrected chi connectivity index (χ2v) is 5.18. The molecule has 0 saturated carbocycles. The van der Waals surface area contributed by atoms with Crippen LogP contribution in [-0.4, -0.2) is 22.5 Å². The van der Waals surface area contributed by atoms with Gasteiger partial charge in [-0.15, -0.1) is 0 Å². The van der Waals surface area contributed by atoms with Crippen LogP contribution in [0.5, 0.6) is 0 Å². The maximum Gasteiger partial charge on any atom is 0.254 e. The molecule has 0 spiro atoms. The monoisotopic (exact) mass is 306 g/mol. The zero-order valence-corrected chi connectivity index (χ0v) is 11.2. The molecule has 1 amide bonds. The summed E-state index contributed by atoms with van der Waals surface area (Å²) in [6.07, 6.45) is 2.42. The van der Waals surface area contributed by atoms with Gasteiger partial charge in [0.25, 0.3) is 5.91 Å². The zero-order valence-electron chi connectivity index (χ0n) is 9.60. The fourth-order valence-corrected chi connectivity index (χ4v) is 2.52. The van der Waals surface area contributed by atoms with Crippen LogP contribution in [0, 0.1) is 0 Å². The van der Waals surface area contributed by atoms with E-state index in [-0.39, 0.29) is 5.91 Å².